The summed E-state index contributed by atoms with van der Waals surface area (Å²) in [7, 11) is 0. The van der Waals surface area contributed by atoms with Crippen molar-refractivity contribution >= 4 is 46.8 Å². The first kappa shape index (κ1) is 22.5. The first-order valence-corrected chi connectivity index (χ1v) is 10.5. The molecular formula is C24H16Cl2N2O5. The Morgan fingerprint density at radius 3 is 2.64 bits per heavy atom. The minimum atomic E-state index is -0.641. The lowest BCUT2D eigenvalue weighted by atomic mass is 10.1. The molecule has 0 aromatic heterocycles. The Balaban J connectivity index is 1.55. The third-order valence-electron chi connectivity index (χ3n) is 4.90. The van der Waals surface area contributed by atoms with E-state index >= 15 is 0 Å². The first-order chi connectivity index (χ1) is 15.8. The largest absolute Gasteiger partial charge is 0.489 e. The number of esters is 1. The lowest BCUT2D eigenvalue weighted by molar-refractivity contribution is -0.385. The van der Waals surface area contributed by atoms with Gasteiger partial charge in [0, 0.05) is 17.2 Å². The van der Waals surface area contributed by atoms with E-state index in [9.17, 15) is 14.9 Å². The first-order valence-electron chi connectivity index (χ1n) is 9.75. The van der Waals surface area contributed by atoms with E-state index in [-0.39, 0.29) is 23.9 Å². The van der Waals surface area contributed by atoms with Gasteiger partial charge in [-0.05, 0) is 54.5 Å². The maximum atomic E-state index is 12.4. The van der Waals surface area contributed by atoms with Crippen LogP contribution < -0.4 is 4.74 Å². The van der Waals surface area contributed by atoms with Gasteiger partial charge in [0.15, 0.2) is 5.70 Å². The Bertz CT molecular complexity index is 1330. The number of hydrogen-bond donors (Lipinski definition) is 0. The maximum absolute atomic E-state index is 12.4. The molecule has 0 fully saturated rings. The van der Waals surface area contributed by atoms with Crippen molar-refractivity contribution < 1.29 is 19.2 Å². The third-order valence-corrected chi connectivity index (χ3v) is 5.64. The second-order valence-electron chi connectivity index (χ2n) is 7.15. The van der Waals surface area contributed by atoms with Crippen molar-refractivity contribution in [3.63, 3.8) is 0 Å². The molecule has 0 bridgehead atoms. The van der Waals surface area contributed by atoms with Crippen molar-refractivity contribution in [2.24, 2.45) is 4.99 Å². The van der Waals surface area contributed by atoms with Crippen molar-refractivity contribution in [3.05, 3.63) is 109 Å². The van der Waals surface area contributed by atoms with Gasteiger partial charge in [-0.1, -0.05) is 47.5 Å². The Morgan fingerprint density at radius 2 is 1.88 bits per heavy atom. The second kappa shape index (κ2) is 9.44. The van der Waals surface area contributed by atoms with Gasteiger partial charge in [0.1, 0.15) is 12.4 Å². The number of cyclic esters (lactones) is 1. The molecule has 4 rings (SSSR count). The monoisotopic (exact) mass is 482 g/mol. The highest BCUT2D eigenvalue weighted by molar-refractivity contribution is 6.42. The van der Waals surface area contributed by atoms with Gasteiger partial charge in [0.25, 0.3) is 5.69 Å². The molecule has 1 aliphatic rings. The molecule has 3 aromatic rings. The van der Waals surface area contributed by atoms with Crippen LogP contribution in [0.1, 0.15) is 22.3 Å². The number of carbonyl (C=O) groups is 1. The highest BCUT2D eigenvalue weighted by Crippen LogP contribution is 2.27. The Morgan fingerprint density at radius 1 is 1.09 bits per heavy atom. The standard InChI is InChI=1S/C24H16Cl2N2O5/c1-14-18(6-3-7-22(14)28(30)31)23-27-21(24(29)33-23)12-15-4-2-5-17(10-15)32-13-16-8-9-19(25)20(26)11-16/h2-12H,13H2,1H3/b21-12-. The summed E-state index contributed by atoms with van der Waals surface area (Å²) >= 11 is 12.0. The van der Waals surface area contributed by atoms with Crippen molar-refractivity contribution in [2.75, 3.05) is 0 Å². The molecule has 0 atom stereocenters. The zero-order valence-electron chi connectivity index (χ0n) is 17.2. The van der Waals surface area contributed by atoms with E-state index in [2.05, 4.69) is 4.99 Å². The molecule has 0 aliphatic carbocycles. The van der Waals surface area contributed by atoms with Crippen molar-refractivity contribution in [2.45, 2.75) is 13.5 Å². The molecule has 0 radical (unpaired) electrons. The summed E-state index contributed by atoms with van der Waals surface area (Å²) in [4.78, 5) is 27.3. The number of carbonyl (C=O) groups excluding carboxylic acids is 1. The molecule has 0 unspecified atom stereocenters. The number of halogens is 2. The van der Waals surface area contributed by atoms with Crippen LogP contribution in [0.5, 0.6) is 5.75 Å². The van der Waals surface area contributed by atoms with Crippen LogP contribution in [0.15, 0.2) is 71.4 Å². The molecular weight excluding hydrogens is 467 g/mol. The smallest absolute Gasteiger partial charge is 0.363 e. The topological polar surface area (TPSA) is 91.0 Å². The minimum absolute atomic E-state index is 0.0273. The second-order valence-corrected chi connectivity index (χ2v) is 7.97. The Hall–Kier alpha value is -3.68. The van der Waals surface area contributed by atoms with Gasteiger partial charge in [-0.3, -0.25) is 10.1 Å². The summed E-state index contributed by atoms with van der Waals surface area (Å²) in [6.07, 6.45) is 1.56. The zero-order valence-corrected chi connectivity index (χ0v) is 18.8. The summed E-state index contributed by atoms with van der Waals surface area (Å²) < 4.78 is 11.1. The van der Waals surface area contributed by atoms with Crippen LogP contribution in [-0.2, 0) is 16.1 Å². The number of rotatable bonds is 6. The van der Waals surface area contributed by atoms with E-state index in [4.69, 9.17) is 32.7 Å². The fraction of sp³-hybridized carbons (Fsp3) is 0.0833. The fourth-order valence-corrected chi connectivity index (χ4v) is 3.55. The predicted octanol–water partition coefficient (Wildman–Crippen LogP) is 6.13. The highest BCUT2D eigenvalue weighted by Gasteiger charge is 2.27. The molecule has 1 heterocycles. The number of benzene rings is 3. The lowest BCUT2D eigenvalue weighted by Gasteiger charge is -2.08. The lowest BCUT2D eigenvalue weighted by Crippen LogP contribution is -2.08. The van der Waals surface area contributed by atoms with Crippen LogP contribution in [0, 0.1) is 17.0 Å². The molecule has 0 saturated heterocycles. The number of nitro benzene ring substituents is 1. The fourth-order valence-electron chi connectivity index (χ4n) is 3.23. The molecule has 3 aromatic carbocycles. The van der Waals surface area contributed by atoms with Gasteiger partial charge >= 0.3 is 5.97 Å². The van der Waals surface area contributed by atoms with E-state index in [0.29, 0.717) is 32.5 Å². The molecule has 166 valence electrons. The summed E-state index contributed by atoms with van der Waals surface area (Å²) in [5.41, 5.74) is 2.30. The van der Waals surface area contributed by atoms with Crippen LogP contribution in [0.2, 0.25) is 10.0 Å². The van der Waals surface area contributed by atoms with E-state index in [0.717, 1.165) is 5.56 Å². The zero-order chi connectivity index (χ0) is 23.5. The van der Waals surface area contributed by atoms with E-state index in [1.54, 1.807) is 55.5 Å². The highest BCUT2D eigenvalue weighted by atomic mass is 35.5. The van der Waals surface area contributed by atoms with Gasteiger partial charge in [0.05, 0.1) is 15.0 Å². The van der Waals surface area contributed by atoms with Crippen LogP contribution in [0.3, 0.4) is 0 Å². The number of aliphatic imine (C=N–C) groups is 1. The molecule has 1 aliphatic heterocycles. The van der Waals surface area contributed by atoms with Gasteiger partial charge in [-0.15, -0.1) is 0 Å². The van der Waals surface area contributed by atoms with Crippen molar-refractivity contribution in [3.8, 4) is 5.75 Å². The van der Waals surface area contributed by atoms with Gasteiger partial charge in [-0.25, -0.2) is 9.79 Å². The van der Waals surface area contributed by atoms with E-state index in [1.165, 1.54) is 12.1 Å². The average Bonchev–Trinajstić information content (AvgIpc) is 3.14. The van der Waals surface area contributed by atoms with Crippen molar-refractivity contribution in [1.29, 1.82) is 0 Å². The van der Waals surface area contributed by atoms with Crippen LogP contribution >= 0.6 is 23.2 Å². The molecule has 33 heavy (non-hydrogen) atoms. The van der Waals surface area contributed by atoms with E-state index < -0.39 is 10.9 Å². The predicted molar refractivity (Wildman–Crippen MR) is 126 cm³/mol. The molecule has 0 amide bonds. The van der Waals surface area contributed by atoms with Crippen LogP contribution in [0.25, 0.3) is 6.08 Å². The Labute approximate surface area is 199 Å². The number of nitro groups is 1. The summed E-state index contributed by atoms with van der Waals surface area (Å²) in [6.45, 7) is 1.87. The van der Waals surface area contributed by atoms with Gasteiger partial charge < -0.3 is 9.47 Å². The Kier molecular flexibility index (Phi) is 6.44. The van der Waals surface area contributed by atoms with E-state index in [1.807, 2.05) is 6.07 Å². The van der Waals surface area contributed by atoms with Crippen LogP contribution in [0.4, 0.5) is 5.69 Å². The molecule has 9 heteroatoms. The summed E-state index contributed by atoms with van der Waals surface area (Å²) in [5.74, 6) is -0.0296. The van der Waals surface area contributed by atoms with Crippen molar-refractivity contribution in [1.82, 2.24) is 0 Å². The average molecular weight is 483 g/mol. The van der Waals surface area contributed by atoms with Gasteiger partial charge in [0.2, 0.25) is 5.90 Å². The van der Waals surface area contributed by atoms with Crippen LogP contribution in [-0.4, -0.2) is 16.8 Å². The SMILES string of the molecule is Cc1c(C2=N/C(=C\c3cccc(OCc4ccc(Cl)c(Cl)c4)c3)C(=O)O2)cccc1[N+](=O)[O-]. The molecule has 0 N–H and O–H groups in total. The van der Waals surface area contributed by atoms with Gasteiger partial charge in [-0.2, -0.15) is 0 Å². The molecule has 7 nitrogen and oxygen atoms in total. The quantitative estimate of drug-likeness (QED) is 0.182. The maximum Gasteiger partial charge on any atom is 0.363 e. The normalized spacial score (nSPS) is 14.2. The number of hydrogen-bond acceptors (Lipinski definition) is 6. The molecule has 0 saturated carbocycles. The number of ether oxygens (including phenoxy) is 2. The minimum Gasteiger partial charge on any atom is -0.489 e. The number of nitrogens with zero attached hydrogens (tertiary/aromatic N) is 2. The third kappa shape index (κ3) is 5.05. The molecule has 0 spiro atoms. The summed E-state index contributed by atoms with van der Waals surface area (Å²) in [6, 6.07) is 16.9. The summed E-state index contributed by atoms with van der Waals surface area (Å²) in [5, 5.41) is 12.1.